The number of piperazine rings is 1. The Kier molecular flexibility index (Phi) is 5.52. The van der Waals surface area contributed by atoms with E-state index < -0.39 is 0 Å². The zero-order chi connectivity index (χ0) is 19.6. The molecule has 29 heavy (non-hydrogen) atoms. The van der Waals surface area contributed by atoms with Crippen LogP contribution in [-0.2, 0) is 12.8 Å². The molecule has 2 N–H and O–H groups in total. The number of pyridine rings is 1. The second kappa shape index (κ2) is 8.42. The van der Waals surface area contributed by atoms with Crippen molar-refractivity contribution in [2.24, 2.45) is 5.92 Å². The van der Waals surface area contributed by atoms with Crippen molar-refractivity contribution in [2.75, 3.05) is 45.8 Å². The topological polar surface area (TPSA) is 69.2 Å². The van der Waals surface area contributed by atoms with Crippen LogP contribution < -0.4 is 10.9 Å². The van der Waals surface area contributed by atoms with Crippen molar-refractivity contribution in [3.05, 3.63) is 46.0 Å². The molecule has 3 aliphatic rings. The standard InChI is InChI=1S/C22H32N6O/c29-22-19-15-18(4-5-20(19)25-28(22)21-3-1-2-8-24-21)27-13-11-26(12-14-27)16-17-6-9-23-10-7-17/h1-3,8,17-18,23,25H,4-7,9-16H2. The number of nitrogens with one attached hydrogen (secondary N) is 2. The van der Waals surface area contributed by atoms with Crippen molar-refractivity contribution in [1.29, 1.82) is 0 Å². The minimum Gasteiger partial charge on any atom is -0.317 e. The first-order valence-corrected chi connectivity index (χ1v) is 11.2. The third-order valence-corrected chi connectivity index (χ3v) is 7.02. The lowest BCUT2D eigenvalue weighted by Crippen LogP contribution is -2.53. The molecule has 2 fully saturated rings. The van der Waals surface area contributed by atoms with Gasteiger partial charge in [-0.05, 0) is 63.2 Å². The molecule has 156 valence electrons. The Hall–Kier alpha value is -1.96. The Morgan fingerprint density at radius 1 is 1.07 bits per heavy atom. The molecule has 0 radical (unpaired) electrons. The summed E-state index contributed by atoms with van der Waals surface area (Å²) < 4.78 is 1.62. The molecule has 0 bridgehead atoms. The molecule has 4 heterocycles. The smallest absolute Gasteiger partial charge is 0.276 e. The van der Waals surface area contributed by atoms with Crippen LogP contribution in [0.2, 0.25) is 0 Å². The Labute approximate surface area is 172 Å². The monoisotopic (exact) mass is 396 g/mol. The van der Waals surface area contributed by atoms with E-state index in [1.165, 1.54) is 45.6 Å². The Bertz CT molecular complexity index is 861. The van der Waals surface area contributed by atoms with E-state index in [1.807, 2.05) is 18.2 Å². The number of hydrogen-bond acceptors (Lipinski definition) is 5. The highest BCUT2D eigenvalue weighted by atomic mass is 16.1. The van der Waals surface area contributed by atoms with Gasteiger partial charge in [0.2, 0.25) is 0 Å². The van der Waals surface area contributed by atoms with Crippen molar-refractivity contribution in [3.8, 4) is 5.82 Å². The van der Waals surface area contributed by atoms with Crippen LogP contribution in [0.5, 0.6) is 0 Å². The van der Waals surface area contributed by atoms with Gasteiger partial charge in [-0.1, -0.05) is 6.07 Å². The van der Waals surface area contributed by atoms with Crippen molar-refractivity contribution in [1.82, 2.24) is 29.9 Å². The summed E-state index contributed by atoms with van der Waals surface area (Å²) in [7, 11) is 0. The number of aromatic nitrogens is 3. The van der Waals surface area contributed by atoms with Crippen molar-refractivity contribution in [3.63, 3.8) is 0 Å². The molecular formula is C22H32N6O. The summed E-state index contributed by atoms with van der Waals surface area (Å²) >= 11 is 0. The van der Waals surface area contributed by atoms with Crippen LogP contribution in [0.4, 0.5) is 0 Å². The van der Waals surface area contributed by atoms with Crippen molar-refractivity contribution < 1.29 is 0 Å². The maximum atomic E-state index is 13.0. The van der Waals surface area contributed by atoms with E-state index >= 15 is 0 Å². The van der Waals surface area contributed by atoms with Gasteiger partial charge in [0.05, 0.1) is 0 Å². The van der Waals surface area contributed by atoms with E-state index in [0.29, 0.717) is 11.9 Å². The summed E-state index contributed by atoms with van der Waals surface area (Å²) in [6.07, 6.45) is 7.31. The molecule has 1 atom stereocenters. The van der Waals surface area contributed by atoms with Crippen LogP contribution in [0.25, 0.3) is 5.82 Å². The third kappa shape index (κ3) is 4.04. The average molecular weight is 397 g/mol. The Morgan fingerprint density at radius 3 is 2.66 bits per heavy atom. The van der Waals surface area contributed by atoms with Gasteiger partial charge < -0.3 is 10.2 Å². The summed E-state index contributed by atoms with van der Waals surface area (Å²) in [5.74, 6) is 1.54. The highest BCUT2D eigenvalue weighted by Crippen LogP contribution is 2.23. The molecule has 2 saturated heterocycles. The molecule has 1 aliphatic carbocycles. The minimum atomic E-state index is 0.0768. The van der Waals surface area contributed by atoms with Crippen LogP contribution in [0.15, 0.2) is 29.2 Å². The van der Waals surface area contributed by atoms with E-state index in [4.69, 9.17) is 0 Å². The molecule has 7 nitrogen and oxygen atoms in total. The van der Waals surface area contributed by atoms with Gasteiger partial charge in [-0.15, -0.1) is 0 Å². The summed E-state index contributed by atoms with van der Waals surface area (Å²) in [5.41, 5.74) is 2.14. The number of aryl methyl sites for hydroxylation is 1. The largest absolute Gasteiger partial charge is 0.317 e. The maximum Gasteiger partial charge on any atom is 0.276 e. The second-order valence-corrected chi connectivity index (χ2v) is 8.82. The molecule has 0 amide bonds. The van der Waals surface area contributed by atoms with Crippen molar-refractivity contribution >= 4 is 0 Å². The van der Waals surface area contributed by atoms with Crippen LogP contribution in [0, 0.1) is 5.92 Å². The lowest BCUT2D eigenvalue weighted by Gasteiger charge is -2.41. The SMILES string of the molecule is O=c1c2c([nH]n1-c1ccccn1)CCC(N1CCN(CC3CCNCC3)CC1)C2. The first kappa shape index (κ1) is 19.0. The van der Waals surface area contributed by atoms with Gasteiger partial charge in [-0.2, -0.15) is 0 Å². The fourth-order valence-corrected chi connectivity index (χ4v) is 5.28. The summed E-state index contributed by atoms with van der Waals surface area (Å²) in [6.45, 7) is 8.21. The molecule has 0 aromatic carbocycles. The molecule has 0 spiro atoms. The van der Waals surface area contributed by atoms with E-state index in [1.54, 1.807) is 10.9 Å². The third-order valence-electron chi connectivity index (χ3n) is 7.02. The highest BCUT2D eigenvalue weighted by Gasteiger charge is 2.31. The Morgan fingerprint density at radius 2 is 1.90 bits per heavy atom. The zero-order valence-electron chi connectivity index (χ0n) is 17.1. The number of nitrogens with zero attached hydrogens (tertiary/aromatic N) is 4. The van der Waals surface area contributed by atoms with Crippen molar-refractivity contribution in [2.45, 2.75) is 38.1 Å². The molecule has 2 aliphatic heterocycles. The molecule has 5 rings (SSSR count). The lowest BCUT2D eigenvalue weighted by molar-refractivity contribution is 0.0764. The van der Waals surface area contributed by atoms with Crippen LogP contribution in [0.1, 0.15) is 30.5 Å². The molecule has 1 unspecified atom stereocenters. The first-order chi connectivity index (χ1) is 14.3. The highest BCUT2D eigenvalue weighted by molar-refractivity contribution is 5.28. The van der Waals surface area contributed by atoms with Gasteiger partial charge in [0, 0.05) is 56.2 Å². The number of H-pyrrole nitrogens is 1. The van der Waals surface area contributed by atoms with Crippen LogP contribution in [0.3, 0.4) is 0 Å². The normalized spacial score (nSPS) is 24.5. The number of fused-ring (bicyclic) bond motifs is 1. The molecule has 2 aromatic rings. The summed E-state index contributed by atoms with van der Waals surface area (Å²) in [5, 5.41) is 6.77. The van der Waals surface area contributed by atoms with Gasteiger partial charge in [0.1, 0.15) is 0 Å². The summed E-state index contributed by atoms with van der Waals surface area (Å²) in [4.78, 5) is 22.6. The zero-order valence-corrected chi connectivity index (χ0v) is 17.1. The second-order valence-electron chi connectivity index (χ2n) is 8.82. The number of piperidine rings is 1. The van der Waals surface area contributed by atoms with Gasteiger partial charge in [0.15, 0.2) is 5.82 Å². The number of rotatable bonds is 4. The first-order valence-electron chi connectivity index (χ1n) is 11.2. The van der Waals surface area contributed by atoms with E-state index in [9.17, 15) is 4.79 Å². The lowest BCUT2D eigenvalue weighted by atomic mass is 9.91. The van der Waals surface area contributed by atoms with E-state index in [2.05, 4.69) is 25.2 Å². The van der Waals surface area contributed by atoms with Crippen LogP contribution >= 0.6 is 0 Å². The van der Waals surface area contributed by atoms with E-state index in [0.717, 1.165) is 49.5 Å². The summed E-state index contributed by atoms with van der Waals surface area (Å²) in [6, 6.07) is 6.16. The van der Waals surface area contributed by atoms with Crippen LogP contribution in [-0.4, -0.2) is 76.4 Å². The molecule has 7 heteroatoms. The van der Waals surface area contributed by atoms with Gasteiger partial charge in [-0.3, -0.25) is 14.8 Å². The fourth-order valence-electron chi connectivity index (χ4n) is 5.28. The van der Waals surface area contributed by atoms with Gasteiger partial charge >= 0.3 is 0 Å². The average Bonchev–Trinajstić information content (AvgIpc) is 3.12. The molecular weight excluding hydrogens is 364 g/mol. The quantitative estimate of drug-likeness (QED) is 0.808. The predicted molar refractivity (Wildman–Crippen MR) is 114 cm³/mol. The number of hydrogen-bond donors (Lipinski definition) is 2. The van der Waals surface area contributed by atoms with Gasteiger partial charge in [-0.25, -0.2) is 9.67 Å². The molecule has 2 aromatic heterocycles. The fraction of sp³-hybridized carbons (Fsp3) is 0.636. The number of aromatic amines is 1. The van der Waals surface area contributed by atoms with E-state index in [-0.39, 0.29) is 5.56 Å². The predicted octanol–water partition coefficient (Wildman–Crippen LogP) is 1.04. The Balaban J connectivity index is 1.21. The molecule has 0 saturated carbocycles. The van der Waals surface area contributed by atoms with Gasteiger partial charge in [0.25, 0.3) is 5.56 Å². The maximum absolute atomic E-state index is 13.0. The minimum absolute atomic E-state index is 0.0768.